The molecule has 0 radical (unpaired) electrons. The molecule has 0 saturated carbocycles. The van der Waals surface area contributed by atoms with E-state index in [1.807, 2.05) is 17.0 Å². The minimum absolute atomic E-state index is 0.0962. The number of benzene rings is 1. The average Bonchev–Trinajstić information content (AvgIpc) is 3.10. The van der Waals surface area contributed by atoms with Crippen molar-refractivity contribution in [2.45, 2.75) is 26.8 Å². The number of aromatic amines is 1. The molecule has 0 unspecified atom stereocenters. The second kappa shape index (κ2) is 8.07. The standard InChI is InChI=1S/C20H26N6O/c1-4-26(17-7-5-15(6-8-17)16(11-21)12-22-3)20-18-13-25(14(2)27)10-9-19(18)23-24-20/h5-8,11-12H,4,9-10,13,21H2,1-3H3,(H,23,24). The maximum absolute atomic E-state index is 11.8. The molecular weight excluding hydrogens is 340 g/mol. The van der Waals surface area contributed by atoms with Crippen LogP contribution in [0.3, 0.4) is 0 Å². The predicted molar refractivity (Wildman–Crippen MR) is 109 cm³/mol. The molecular formula is C20H26N6O. The summed E-state index contributed by atoms with van der Waals surface area (Å²) in [5.74, 6) is 0.981. The van der Waals surface area contributed by atoms with Crippen molar-refractivity contribution in [1.29, 1.82) is 0 Å². The molecule has 27 heavy (non-hydrogen) atoms. The quantitative estimate of drug-likeness (QED) is 0.796. The van der Waals surface area contributed by atoms with E-state index in [4.69, 9.17) is 5.73 Å². The van der Waals surface area contributed by atoms with Gasteiger partial charge in [0, 0.05) is 68.4 Å². The van der Waals surface area contributed by atoms with E-state index in [0.717, 1.165) is 53.4 Å². The molecule has 0 spiro atoms. The largest absolute Gasteiger partial charge is 0.404 e. The molecule has 1 aliphatic rings. The molecule has 0 aliphatic carbocycles. The van der Waals surface area contributed by atoms with Gasteiger partial charge in [0.15, 0.2) is 5.82 Å². The number of fused-ring (bicyclic) bond motifs is 1. The highest BCUT2D eigenvalue weighted by molar-refractivity contribution is 6.09. The van der Waals surface area contributed by atoms with E-state index < -0.39 is 0 Å². The van der Waals surface area contributed by atoms with Crippen LogP contribution in [0.1, 0.15) is 30.7 Å². The van der Waals surface area contributed by atoms with E-state index in [9.17, 15) is 4.79 Å². The van der Waals surface area contributed by atoms with Crippen molar-refractivity contribution >= 4 is 29.2 Å². The van der Waals surface area contributed by atoms with Crippen molar-refractivity contribution in [2.24, 2.45) is 10.7 Å². The van der Waals surface area contributed by atoms with Crippen LogP contribution < -0.4 is 10.6 Å². The molecule has 0 atom stereocenters. The van der Waals surface area contributed by atoms with Crippen LogP contribution in [0.2, 0.25) is 0 Å². The number of allylic oxidation sites excluding steroid dienone is 1. The van der Waals surface area contributed by atoms with Gasteiger partial charge in [0.1, 0.15) is 0 Å². The van der Waals surface area contributed by atoms with Crippen molar-refractivity contribution in [3.05, 3.63) is 47.3 Å². The number of hydrogen-bond acceptors (Lipinski definition) is 5. The number of carbonyl (C=O) groups excluding carboxylic acids is 1. The Labute approximate surface area is 159 Å². The van der Waals surface area contributed by atoms with E-state index in [-0.39, 0.29) is 5.91 Å². The van der Waals surface area contributed by atoms with Crippen molar-refractivity contribution in [3.63, 3.8) is 0 Å². The number of rotatable bonds is 5. The number of amides is 1. The second-order valence-electron chi connectivity index (χ2n) is 6.50. The van der Waals surface area contributed by atoms with Gasteiger partial charge >= 0.3 is 0 Å². The molecule has 0 fully saturated rings. The van der Waals surface area contributed by atoms with Crippen LogP contribution >= 0.6 is 0 Å². The topological polar surface area (TPSA) is 90.6 Å². The zero-order chi connectivity index (χ0) is 19.4. The lowest BCUT2D eigenvalue weighted by molar-refractivity contribution is -0.129. The van der Waals surface area contributed by atoms with E-state index in [1.54, 1.807) is 26.4 Å². The average molecular weight is 366 g/mol. The molecule has 7 nitrogen and oxygen atoms in total. The summed E-state index contributed by atoms with van der Waals surface area (Å²) in [7, 11) is 1.72. The Hall–Kier alpha value is -3.09. The highest BCUT2D eigenvalue weighted by atomic mass is 16.2. The van der Waals surface area contributed by atoms with Gasteiger partial charge in [-0.3, -0.25) is 14.9 Å². The van der Waals surface area contributed by atoms with Crippen LogP contribution in [0, 0.1) is 0 Å². The lowest BCUT2D eigenvalue weighted by Crippen LogP contribution is -2.34. The lowest BCUT2D eigenvalue weighted by Gasteiger charge is -2.28. The molecule has 1 aliphatic heterocycles. The third kappa shape index (κ3) is 3.72. The minimum Gasteiger partial charge on any atom is -0.404 e. The number of nitrogens with one attached hydrogen (secondary N) is 1. The molecule has 1 amide bonds. The number of carbonyl (C=O) groups is 1. The number of aliphatic imine (C=N–C) groups is 1. The van der Waals surface area contributed by atoms with Gasteiger partial charge in [0.05, 0.1) is 6.54 Å². The second-order valence-corrected chi connectivity index (χ2v) is 6.50. The molecule has 0 bridgehead atoms. The summed E-state index contributed by atoms with van der Waals surface area (Å²) >= 11 is 0. The monoisotopic (exact) mass is 366 g/mol. The zero-order valence-corrected chi connectivity index (χ0v) is 16.1. The molecule has 2 heterocycles. The summed E-state index contributed by atoms with van der Waals surface area (Å²) in [4.78, 5) is 19.8. The molecule has 0 saturated heterocycles. The number of nitrogens with zero attached hydrogens (tertiary/aromatic N) is 4. The third-order valence-electron chi connectivity index (χ3n) is 4.89. The molecule has 1 aromatic heterocycles. The number of aromatic nitrogens is 2. The van der Waals surface area contributed by atoms with Crippen molar-refractivity contribution in [2.75, 3.05) is 25.0 Å². The van der Waals surface area contributed by atoms with E-state index >= 15 is 0 Å². The minimum atomic E-state index is 0.0962. The summed E-state index contributed by atoms with van der Waals surface area (Å²) in [6, 6.07) is 8.16. The first-order valence-corrected chi connectivity index (χ1v) is 9.12. The van der Waals surface area contributed by atoms with Gasteiger partial charge in [-0.05, 0) is 24.6 Å². The molecule has 7 heteroatoms. The molecule has 142 valence electrons. The number of H-pyrrole nitrogens is 1. The first-order chi connectivity index (χ1) is 13.1. The Balaban J connectivity index is 1.91. The van der Waals surface area contributed by atoms with Crippen LogP contribution in [0.25, 0.3) is 5.57 Å². The number of nitrogens with two attached hydrogens (primary N) is 1. The Bertz CT molecular complexity index is 865. The Kier molecular flexibility index (Phi) is 5.59. The maximum Gasteiger partial charge on any atom is 0.219 e. The Morgan fingerprint density at radius 1 is 1.41 bits per heavy atom. The van der Waals surface area contributed by atoms with Crippen molar-refractivity contribution in [3.8, 4) is 0 Å². The van der Waals surface area contributed by atoms with Gasteiger partial charge in [0.2, 0.25) is 5.91 Å². The Morgan fingerprint density at radius 3 is 2.74 bits per heavy atom. The van der Waals surface area contributed by atoms with Crippen LogP contribution in [0.15, 0.2) is 35.5 Å². The van der Waals surface area contributed by atoms with Gasteiger partial charge < -0.3 is 15.5 Å². The van der Waals surface area contributed by atoms with Gasteiger partial charge in [-0.25, -0.2) is 0 Å². The van der Waals surface area contributed by atoms with Crippen LogP contribution in [-0.2, 0) is 17.8 Å². The van der Waals surface area contributed by atoms with Crippen LogP contribution in [-0.4, -0.2) is 47.4 Å². The summed E-state index contributed by atoms with van der Waals surface area (Å²) in [5, 5.41) is 7.71. The third-order valence-corrected chi connectivity index (χ3v) is 4.89. The van der Waals surface area contributed by atoms with Crippen LogP contribution in [0.5, 0.6) is 0 Å². The fourth-order valence-corrected chi connectivity index (χ4v) is 3.41. The summed E-state index contributed by atoms with van der Waals surface area (Å²) < 4.78 is 0. The molecule has 1 aromatic carbocycles. The summed E-state index contributed by atoms with van der Waals surface area (Å²) in [6.45, 7) is 5.81. The Morgan fingerprint density at radius 2 is 2.15 bits per heavy atom. The SMILES string of the molecule is CCN(c1ccc(C(C=NC)=CN)cc1)c1n[nH]c2c1CN(C(C)=O)CC2. The summed E-state index contributed by atoms with van der Waals surface area (Å²) in [6.07, 6.45) is 4.10. The number of hydrogen-bond donors (Lipinski definition) is 2. The molecule has 3 rings (SSSR count). The van der Waals surface area contributed by atoms with E-state index in [0.29, 0.717) is 6.54 Å². The normalized spacial score (nSPS) is 14.5. The molecule has 2 aromatic rings. The van der Waals surface area contributed by atoms with Gasteiger partial charge in [-0.15, -0.1) is 0 Å². The van der Waals surface area contributed by atoms with Crippen LogP contribution in [0.4, 0.5) is 11.5 Å². The lowest BCUT2D eigenvalue weighted by atomic mass is 10.1. The maximum atomic E-state index is 11.8. The molecule has 3 N–H and O–H groups in total. The zero-order valence-electron chi connectivity index (χ0n) is 16.1. The van der Waals surface area contributed by atoms with E-state index in [2.05, 4.69) is 39.1 Å². The first-order valence-electron chi connectivity index (χ1n) is 9.12. The predicted octanol–water partition coefficient (Wildman–Crippen LogP) is 2.47. The van der Waals surface area contributed by atoms with Gasteiger partial charge in [-0.1, -0.05) is 12.1 Å². The number of anilines is 2. The first kappa shape index (κ1) is 18.7. The fourth-order valence-electron chi connectivity index (χ4n) is 3.41. The van der Waals surface area contributed by atoms with Crippen molar-refractivity contribution in [1.82, 2.24) is 15.1 Å². The van der Waals surface area contributed by atoms with Crippen molar-refractivity contribution < 1.29 is 4.79 Å². The van der Waals surface area contributed by atoms with Gasteiger partial charge in [-0.2, -0.15) is 5.10 Å². The summed E-state index contributed by atoms with van der Waals surface area (Å²) in [5.41, 5.74) is 10.8. The highest BCUT2D eigenvalue weighted by Crippen LogP contribution is 2.32. The fraction of sp³-hybridized carbons (Fsp3) is 0.350. The highest BCUT2D eigenvalue weighted by Gasteiger charge is 2.26. The van der Waals surface area contributed by atoms with E-state index in [1.165, 1.54) is 0 Å². The van der Waals surface area contributed by atoms with Gasteiger partial charge in [0.25, 0.3) is 0 Å². The smallest absolute Gasteiger partial charge is 0.219 e.